The van der Waals surface area contributed by atoms with Crippen molar-refractivity contribution >= 4 is 23.2 Å². The summed E-state index contributed by atoms with van der Waals surface area (Å²) in [6, 6.07) is 16.4. The Labute approximate surface area is 157 Å². The highest BCUT2D eigenvalue weighted by molar-refractivity contribution is 6.40. The molecule has 1 heterocycles. The fourth-order valence-corrected chi connectivity index (χ4v) is 2.65. The van der Waals surface area contributed by atoms with Gasteiger partial charge in [-0.15, -0.1) is 0 Å². The summed E-state index contributed by atoms with van der Waals surface area (Å²) >= 11 is 0. The second-order valence-corrected chi connectivity index (χ2v) is 5.84. The Kier molecular flexibility index (Phi) is 6.04. The van der Waals surface area contributed by atoms with Gasteiger partial charge in [-0.2, -0.15) is 5.10 Å². The van der Waals surface area contributed by atoms with Gasteiger partial charge in [0.05, 0.1) is 19.3 Å². The molecule has 1 aliphatic rings. The van der Waals surface area contributed by atoms with Crippen LogP contribution in [0.2, 0.25) is 0 Å². The van der Waals surface area contributed by atoms with Crippen molar-refractivity contribution in [3.05, 3.63) is 54.6 Å². The van der Waals surface area contributed by atoms with E-state index in [1.54, 1.807) is 31.4 Å². The molecule has 0 saturated heterocycles. The monoisotopic (exact) mass is 367 g/mol. The van der Waals surface area contributed by atoms with Gasteiger partial charge >= 0.3 is 0 Å². The molecule has 1 N–H and O–H groups in total. The summed E-state index contributed by atoms with van der Waals surface area (Å²) in [7, 11) is 1.57. The Morgan fingerprint density at radius 2 is 1.78 bits per heavy atom. The van der Waals surface area contributed by atoms with Crippen molar-refractivity contribution in [2.45, 2.75) is 12.8 Å². The van der Waals surface area contributed by atoms with Crippen molar-refractivity contribution in [1.29, 1.82) is 0 Å². The van der Waals surface area contributed by atoms with Crippen LogP contribution in [0.15, 0.2) is 59.7 Å². The van der Waals surface area contributed by atoms with E-state index < -0.39 is 0 Å². The van der Waals surface area contributed by atoms with Crippen LogP contribution in [0.25, 0.3) is 0 Å². The molecule has 27 heavy (non-hydrogen) atoms. The zero-order chi connectivity index (χ0) is 19.1. The maximum Gasteiger partial charge on any atom is 0.267 e. The first kappa shape index (κ1) is 18.4. The number of ether oxygens (including phenoxy) is 2. The molecule has 0 atom stereocenters. The van der Waals surface area contributed by atoms with Crippen molar-refractivity contribution in [2.75, 3.05) is 25.3 Å². The minimum atomic E-state index is -0.299. The fourth-order valence-electron chi connectivity index (χ4n) is 2.65. The van der Waals surface area contributed by atoms with Crippen molar-refractivity contribution in [3.8, 4) is 11.5 Å². The standard InChI is InChI=1S/C20H21N3O4/c1-26-17-9-5-6-10-18(17)27-14-13-21-20(25)16-11-12-19(24)23(22-16)15-7-3-2-4-8-15/h2-10H,11-14H2,1H3,(H,21,25). The largest absolute Gasteiger partial charge is 0.493 e. The van der Waals surface area contributed by atoms with Crippen molar-refractivity contribution in [2.24, 2.45) is 5.10 Å². The normalized spacial score (nSPS) is 13.7. The van der Waals surface area contributed by atoms with Gasteiger partial charge in [0.1, 0.15) is 12.3 Å². The van der Waals surface area contributed by atoms with E-state index in [0.29, 0.717) is 42.5 Å². The molecule has 2 aromatic rings. The summed E-state index contributed by atoms with van der Waals surface area (Å²) in [6.07, 6.45) is 0.570. The number of amides is 2. The Morgan fingerprint density at radius 3 is 2.52 bits per heavy atom. The van der Waals surface area contributed by atoms with Crippen LogP contribution in [-0.4, -0.2) is 37.8 Å². The third-order valence-electron chi connectivity index (χ3n) is 4.01. The summed E-state index contributed by atoms with van der Waals surface area (Å²) in [5.74, 6) is 0.826. The van der Waals surface area contributed by atoms with Crippen LogP contribution >= 0.6 is 0 Å². The Bertz CT molecular complexity index is 836. The molecule has 3 rings (SSSR count). The van der Waals surface area contributed by atoms with E-state index in [4.69, 9.17) is 9.47 Å². The Morgan fingerprint density at radius 1 is 1.07 bits per heavy atom. The SMILES string of the molecule is COc1ccccc1OCCNC(=O)C1=NN(c2ccccc2)C(=O)CC1. The van der Waals surface area contributed by atoms with E-state index in [2.05, 4.69) is 10.4 Å². The number of methoxy groups -OCH3 is 1. The number of nitrogens with one attached hydrogen (secondary N) is 1. The highest BCUT2D eigenvalue weighted by Crippen LogP contribution is 2.25. The molecular formula is C20H21N3O4. The van der Waals surface area contributed by atoms with Gasteiger partial charge in [0.2, 0.25) is 5.91 Å². The quantitative estimate of drug-likeness (QED) is 0.762. The molecule has 0 radical (unpaired) electrons. The number of para-hydroxylation sites is 3. The van der Waals surface area contributed by atoms with E-state index in [1.165, 1.54) is 5.01 Å². The predicted molar refractivity (Wildman–Crippen MR) is 102 cm³/mol. The molecule has 0 unspecified atom stereocenters. The first-order valence-corrected chi connectivity index (χ1v) is 8.68. The van der Waals surface area contributed by atoms with Crippen LogP contribution in [0.3, 0.4) is 0 Å². The molecule has 0 aliphatic carbocycles. The average Bonchev–Trinajstić information content (AvgIpc) is 2.72. The molecule has 0 bridgehead atoms. The van der Waals surface area contributed by atoms with E-state index in [1.807, 2.05) is 30.3 Å². The molecule has 7 heteroatoms. The molecule has 7 nitrogen and oxygen atoms in total. The highest BCUT2D eigenvalue weighted by Gasteiger charge is 2.25. The zero-order valence-electron chi connectivity index (χ0n) is 15.1. The number of carbonyl (C=O) groups is 2. The van der Waals surface area contributed by atoms with Gasteiger partial charge in [-0.05, 0) is 24.3 Å². The van der Waals surface area contributed by atoms with Gasteiger partial charge in [0, 0.05) is 12.8 Å². The first-order valence-electron chi connectivity index (χ1n) is 8.68. The maximum absolute atomic E-state index is 12.4. The number of hydrazone groups is 1. The number of hydrogen-bond acceptors (Lipinski definition) is 5. The van der Waals surface area contributed by atoms with Crippen LogP contribution < -0.4 is 19.8 Å². The maximum atomic E-state index is 12.4. The molecule has 0 fully saturated rings. The van der Waals surface area contributed by atoms with Gasteiger partial charge in [-0.3, -0.25) is 9.59 Å². The predicted octanol–water partition coefficient (Wildman–Crippen LogP) is 2.37. The van der Waals surface area contributed by atoms with E-state index >= 15 is 0 Å². The number of hydrogen-bond donors (Lipinski definition) is 1. The summed E-state index contributed by atoms with van der Waals surface area (Å²) in [4.78, 5) is 24.5. The lowest BCUT2D eigenvalue weighted by atomic mass is 10.1. The second kappa shape index (κ2) is 8.84. The minimum Gasteiger partial charge on any atom is -0.493 e. The van der Waals surface area contributed by atoms with Gasteiger partial charge < -0.3 is 14.8 Å². The van der Waals surface area contributed by atoms with Gasteiger partial charge in [0.15, 0.2) is 11.5 Å². The third-order valence-corrected chi connectivity index (χ3v) is 4.01. The van der Waals surface area contributed by atoms with E-state index in [-0.39, 0.29) is 18.2 Å². The lowest BCUT2D eigenvalue weighted by molar-refractivity contribution is -0.118. The van der Waals surface area contributed by atoms with Crippen LogP contribution in [0.5, 0.6) is 11.5 Å². The number of nitrogens with zero attached hydrogens (tertiary/aromatic N) is 2. The van der Waals surface area contributed by atoms with Gasteiger partial charge in [-0.1, -0.05) is 30.3 Å². The van der Waals surface area contributed by atoms with Gasteiger partial charge in [-0.25, -0.2) is 5.01 Å². The second-order valence-electron chi connectivity index (χ2n) is 5.84. The molecule has 0 saturated carbocycles. The van der Waals surface area contributed by atoms with Crippen LogP contribution in [0.4, 0.5) is 5.69 Å². The smallest absolute Gasteiger partial charge is 0.267 e. The molecule has 2 aromatic carbocycles. The number of rotatable bonds is 7. The van der Waals surface area contributed by atoms with Crippen molar-refractivity contribution in [3.63, 3.8) is 0 Å². The Balaban J connectivity index is 1.55. The van der Waals surface area contributed by atoms with Crippen molar-refractivity contribution < 1.29 is 19.1 Å². The fraction of sp³-hybridized carbons (Fsp3) is 0.250. The third kappa shape index (κ3) is 4.63. The van der Waals surface area contributed by atoms with Gasteiger partial charge in [0.25, 0.3) is 5.91 Å². The first-order chi connectivity index (χ1) is 13.2. The Hall–Kier alpha value is -3.35. The summed E-state index contributed by atoms with van der Waals surface area (Å²) in [5, 5.41) is 8.28. The van der Waals surface area contributed by atoms with Crippen LogP contribution in [0.1, 0.15) is 12.8 Å². The molecule has 0 spiro atoms. The lowest BCUT2D eigenvalue weighted by Crippen LogP contribution is -2.40. The lowest BCUT2D eigenvalue weighted by Gasteiger charge is -2.23. The molecule has 140 valence electrons. The highest BCUT2D eigenvalue weighted by atomic mass is 16.5. The van der Waals surface area contributed by atoms with Crippen molar-refractivity contribution in [1.82, 2.24) is 5.32 Å². The van der Waals surface area contributed by atoms with E-state index in [0.717, 1.165) is 0 Å². The summed E-state index contributed by atoms with van der Waals surface area (Å²) in [5.41, 5.74) is 0.975. The van der Waals surface area contributed by atoms with E-state index in [9.17, 15) is 9.59 Å². The average molecular weight is 367 g/mol. The number of anilines is 1. The number of carbonyl (C=O) groups excluding carboxylic acids is 2. The molecular weight excluding hydrogens is 346 g/mol. The molecule has 0 aromatic heterocycles. The summed E-state index contributed by atoms with van der Waals surface area (Å²) < 4.78 is 10.8. The topological polar surface area (TPSA) is 80.2 Å². The van der Waals surface area contributed by atoms with Crippen LogP contribution in [0, 0.1) is 0 Å². The summed E-state index contributed by atoms with van der Waals surface area (Å²) in [6.45, 7) is 0.607. The minimum absolute atomic E-state index is 0.128. The molecule has 2 amide bonds. The van der Waals surface area contributed by atoms with Crippen LogP contribution in [-0.2, 0) is 9.59 Å². The number of benzene rings is 2. The molecule has 1 aliphatic heterocycles. The zero-order valence-corrected chi connectivity index (χ0v) is 15.1.